The van der Waals surface area contributed by atoms with Crippen LogP contribution >= 0.6 is 24.0 Å². The van der Waals surface area contributed by atoms with Crippen LogP contribution in [0.4, 0.5) is 5.69 Å². The Hall–Kier alpha value is -2.64. The molecule has 5 nitrogen and oxygen atoms in total. The number of carbonyl (C=O) groups is 2. The molecule has 1 saturated heterocycles. The van der Waals surface area contributed by atoms with Gasteiger partial charge in [-0.25, -0.2) is 4.79 Å². The van der Waals surface area contributed by atoms with E-state index in [1.165, 1.54) is 16.7 Å². The van der Waals surface area contributed by atoms with Crippen LogP contribution in [-0.2, 0) is 9.59 Å². The molecule has 0 bridgehead atoms. The van der Waals surface area contributed by atoms with Crippen molar-refractivity contribution in [2.24, 2.45) is 0 Å². The van der Waals surface area contributed by atoms with Gasteiger partial charge in [-0.15, -0.1) is 0 Å². The lowest BCUT2D eigenvalue weighted by Gasteiger charge is -2.15. The average Bonchev–Trinajstić information content (AvgIpc) is 2.93. The molecular formula is C21H19NO4S2. The van der Waals surface area contributed by atoms with Crippen LogP contribution in [-0.4, -0.2) is 27.4 Å². The molecule has 1 fully saturated rings. The standard InChI is InChI=1S/C21H19NO4S2/c1-3-17(20(24)25)26-16-9-5-7-14(11-16)12-18-19(23)22(21(27)28-18)15-8-4-6-13(2)10-15/h4-12,17H,3H2,1-2H3,(H,24,25)/b18-12+. The third kappa shape index (κ3) is 4.43. The summed E-state index contributed by atoms with van der Waals surface area (Å²) in [5.74, 6) is -0.743. The van der Waals surface area contributed by atoms with Gasteiger partial charge in [0.15, 0.2) is 10.4 Å². The second kappa shape index (κ2) is 8.58. The number of aliphatic carboxylic acids is 1. The molecule has 0 radical (unpaired) electrons. The highest BCUT2D eigenvalue weighted by Gasteiger charge is 2.33. The lowest BCUT2D eigenvalue weighted by molar-refractivity contribution is -0.145. The van der Waals surface area contributed by atoms with Gasteiger partial charge in [0, 0.05) is 0 Å². The fraction of sp³-hybridized carbons (Fsp3) is 0.190. The number of nitrogens with zero attached hydrogens (tertiary/aromatic N) is 1. The van der Waals surface area contributed by atoms with Gasteiger partial charge in [0.05, 0.1) is 10.6 Å². The van der Waals surface area contributed by atoms with E-state index in [4.69, 9.17) is 22.1 Å². The fourth-order valence-corrected chi connectivity index (χ4v) is 4.06. The first-order valence-electron chi connectivity index (χ1n) is 8.73. The average molecular weight is 414 g/mol. The van der Waals surface area contributed by atoms with Crippen LogP contribution in [0.5, 0.6) is 5.75 Å². The molecule has 1 atom stereocenters. The Morgan fingerprint density at radius 3 is 2.71 bits per heavy atom. The molecule has 0 spiro atoms. The van der Waals surface area contributed by atoms with E-state index in [2.05, 4.69) is 0 Å². The van der Waals surface area contributed by atoms with Crippen LogP contribution in [0, 0.1) is 6.92 Å². The second-order valence-corrected chi connectivity index (χ2v) is 7.96. The van der Waals surface area contributed by atoms with Crippen LogP contribution in [0.25, 0.3) is 6.08 Å². The van der Waals surface area contributed by atoms with Crippen LogP contribution in [0.3, 0.4) is 0 Å². The number of rotatable bonds is 6. The Morgan fingerprint density at radius 2 is 2.04 bits per heavy atom. The summed E-state index contributed by atoms with van der Waals surface area (Å²) < 4.78 is 6.00. The summed E-state index contributed by atoms with van der Waals surface area (Å²) in [6, 6.07) is 14.6. The molecule has 144 valence electrons. The molecular weight excluding hydrogens is 394 g/mol. The van der Waals surface area contributed by atoms with Crippen molar-refractivity contribution in [2.45, 2.75) is 26.4 Å². The molecule has 0 aromatic heterocycles. The number of ether oxygens (including phenoxy) is 1. The molecule has 1 amide bonds. The maximum Gasteiger partial charge on any atom is 0.344 e. The minimum atomic E-state index is -1.01. The Balaban J connectivity index is 1.84. The van der Waals surface area contributed by atoms with Crippen molar-refractivity contribution < 1.29 is 19.4 Å². The highest BCUT2D eigenvalue weighted by atomic mass is 32.2. The maximum atomic E-state index is 12.9. The van der Waals surface area contributed by atoms with Crippen molar-refractivity contribution in [1.29, 1.82) is 0 Å². The summed E-state index contributed by atoms with van der Waals surface area (Å²) in [5.41, 5.74) is 2.53. The predicted molar refractivity (Wildman–Crippen MR) is 116 cm³/mol. The van der Waals surface area contributed by atoms with E-state index >= 15 is 0 Å². The number of thiocarbonyl (C=S) groups is 1. The predicted octanol–water partition coefficient (Wildman–Crippen LogP) is 4.64. The molecule has 1 unspecified atom stereocenters. The third-order valence-electron chi connectivity index (χ3n) is 4.13. The van der Waals surface area contributed by atoms with Gasteiger partial charge in [-0.05, 0) is 54.8 Å². The molecule has 3 rings (SSSR count). The maximum absolute atomic E-state index is 12.9. The number of anilines is 1. The number of carboxylic acid groups (broad SMARTS) is 1. The van der Waals surface area contributed by atoms with Crippen molar-refractivity contribution in [3.63, 3.8) is 0 Å². The number of aryl methyl sites for hydroxylation is 1. The van der Waals surface area contributed by atoms with Crippen molar-refractivity contribution in [2.75, 3.05) is 4.90 Å². The van der Waals surface area contributed by atoms with Crippen molar-refractivity contribution in [1.82, 2.24) is 0 Å². The number of thioether (sulfide) groups is 1. The lowest BCUT2D eigenvalue weighted by atomic mass is 10.2. The zero-order chi connectivity index (χ0) is 20.3. The molecule has 1 heterocycles. The Morgan fingerprint density at radius 1 is 1.29 bits per heavy atom. The number of carboxylic acids is 1. The fourth-order valence-electron chi connectivity index (χ4n) is 2.76. The molecule has 7 heteroatoms. The van der Waals surface area contributed by atoms with E-state index < -0.39 is 12.1 Å². The topological polar surface area (TPSA) is 66.8 Å². The quantitative estimate of drug-likeness (QED) is 0.550. The first-order valence-corrected chi connectivity index (χ1v) is 9.95. The van der Waals surface area contributed by atoms with E-state index in [0.29, 0.717) is 21.4 Å². The SMILES string of the molecule is CCC(Oc1cccc(/C=C2/SC(=S)N(c3cccc(C)c3)C2=O)c1)C(=O)O. The Bertz CT molecular complexity index is 970. The summed E-state index contributed by atoms with van der Waals surface area (Å²) in [6.07, 6.45) is 1.19. The summed E-state index contributed by atoms with van der Waals surface area (Å²) in [7, 11) is 0. The summed E-state index contributed by atoms with van der Waals surface area (Å²) in [5, 5.41) is 9.15. The van der Waals surface area contributed by atoms with Gasteiger partial charge in [0.2, 0.25) is 0 Å². The monoisotopic (exact) mass is 413 g/mol. The number of amides is 1. The molecule has 2 aromatic carbocycles. The Kier molecular flexibility index (Phi) is 6.16. The third-order valence-corrected chi connectivity index (χ3v) is 5.44. The van der Waals surface area contributed by atoms with Gasteiger partial charge in [-0.3, -0.25) is 9.69 Å². The van der Waals surface area contributed by atoms with E-state index in [1.807, 2.05) is 37.3 Å². The van der Waals surface area contributed by atoms with Crippen molar-refractivity contribution >= 4 is 51.9 Å². The highest BCUT2D eigenvalue weighted by molar-refractivity contribution is 8.27. The minimum absolute atomic E-state index is 0.177. The van der Waals surface area contributed by atoms with Gasteiger partial charge >= 0.3 is 5.97 Å². The zero-order valence-electron chi connectivity index (χ0n) is 15.4. The minimum Gasteiger partial charge on any atom is -0.479 e. The summed E-state index contributed by atoms with van der Waals surface area (Å²) in [4.78, 5) is 26.1. The highest BCUT2D eigenvalue weighted by Crippen LogP contribution is 2.36. The van der Waals surface area contributed by atoms with Crippen molar-refractivity contribution in [3.8, 4) is 5.75 Å². The smallest absolute Gasteiger partial charge is 0.344 e. The van der Waals surface area contributed by atoms with Crippen LogP contribution in [0.15, 0.2) is 53.4 Å². The molecule has 28 heavy (non-hydrogen) atoms. The number of carbonyl (C=O) groups excluding carboxylic acids is 1. The van der Waals surface area contributed by atoms with Crippen LogP contribution in [0.1, 0.15) is 24.5 Å². The Labute approximate surface area is 173 Å². The summed E-state index contributed by atoms with van der Waals surface area (Å²) in [6.45, 7) is 3.71. The summed E-state index contributed by atoms with van der Waals surface area (Å²) >= 11 is 6.64. The van der Waals surface area contributed by atoms with Crippen LogP contribution in [0.2, 0.25) is 0 Å². The molecule has 2 aromatic rings. The molecule has 0 aliphatic carbocycles. The van der Waals surface area contributed by atoms with Gasteiger partial charge in [-0.1, -0.05) is 55.2 Å². The molecule has 1 N–H and O–H groups in total. The van der Waals surface area contributed by atoms with Crippen molar-refractivity contribution in [3.05, 3.63) is 64.6 Å². The van der Waals surface area contributed by atoms with E-state index in [-0.39, 0.29) is 5.91 Å². The normalized spacial score (nSPS) is 16.5. The van der Waals surface area contributed by atoms with E-state index in [0.717, 1.165) is 16.8 Å². The molecule has 1 aliphatic heterocycles. The van der Waals surface area contributed by atoms with Gasteiger partial charge in [0.1, 0.15) is 5.75 Å². The number of hydrogen-bond acceptors (Lipinski definition) is 5. The molecule has 0 saturated carbocycles. The largest absolute Gasteiger partial charge is 0.479 e. The first-order chi connectivity index (χ1) is 13.4. The van der Waals surface area contributed by atoms with Crippen LogP contribution < -0.4 is 9.64 Å². The van der Waals surface area contributed by atoms with Gasteiger partial charge in [0.25, 0.3) is 5.91 Å². The second-order valence-electron chi connectivity index (χ2n) is 6.28. The van der Waals surface area contributed by atoms with Gasteiger partial charge < -0.3 is 9.84 Å². The number of hydrogen-bond donors (Lipinski definition) is 1. The van der Waals surface area contributed by atoms with Gasteiger partial charge in [-0.2, -0.15) is 0 Å². The molecule has 1 aliphatic rings. The number of benzene rings is 2. The lowest BCUT2D eigenvalue weighted by Crippen LogP contribution is -2.27. The zero-order valence-corrected chi connectivity index (χ0v) is 17.0. The van der Waals surface area contributed by atoms with E-state index in [9.17, 15) is 9.59 Å². The van der Waals surface area contributed by atoms with E-state index in [1.54, 1.807) is 31.2 Å². The first kappa shape index (κ1) is 20.1.